The topological polar surface area (TPSA) is 83.1 Å². The lowest BCUT2D eigenvalue weighted by atomic mass is 10.2. The second-order valence-electron chi connectivity index (χ2n) is 6.24. The molecule has 9 heteroatoms. The van der Waals surface area contributed by atoms with Gasteiger partial charge >= 0.3 is 5.97 Å². The maximum atomic E-state index is 11.8. The van der Waals surface area contributed by atoms with E-state index in [1.54, 1.807) is 48.5 Å². The van der Waals surface area contributed by atoms with E-state index in [0.717, 1.165) is 5.56 Å². The number of nitrogens with zero attached hydrogens (tertiary/aromatic N) is 1. The Labute approximate surface area is 194 Å². The lowest BCUT2D eigenvalue weighted by Crippen LogP contribution is -2.18. The molecule has 0 fully saturated rings. The molecular weight excluding hydrogens is 463 g/mol. The average Bonchev–Trinajstić information content (AvgIpc) is 2.77. The summed E-state index contributed by atoms with van der Waals surface area (Å²) in [6.45, 7) is 0.00490. The van der Waals surface area contributed by atoms with Crippen molar-refractivity contribution < 1.29 is 19.1 Å². The summed E-state index contributed by atoms with van der Waals surface area (Å²) in [7, 11) is 0. The molecule has 0 heterocycles. The van der Waals surface area contributed by atoms with Crippen molar-refractivity contribution in [1.29, 1.82) is 0 Å². The number of hydrogen-bond donors (Lipinski definition) is 1. The normalized spacial score (nSPS) is 11.1. The number of rotatable bonds is 8. The molecule has 160 valence electrons. The fraction of sp³-hybridized carbons (Fsp3) is 0.0909. The molecule has 0 saturated carbocycles. The molecule has 31 heavy (non-hydrogen) atoms. The highest BCUT2D eigenvalue weighted by atomic mass is 35.5. The quantitative estimate of drug-likeness (QED) is 0.200. The predicted octanol–water partition coefficient (Wildman–Crippen LogP) is 5.47. The van der Waals surface area contributed by atoms with Gasteiger partial charge in [-0.2, -0.15) is 0 Å². The number of carbonyl (C=O) groups excluding carboxylic acids is 1. The van der Waals surface area contributed by atoms with Crippen molar-refractivity contribution in [3.05, 3.63) is 92.9 Å². The zero-order valence-electron chi connectivity index (χ0n) is 16.1. The number of benzene rings is 3. The van der Waals surface area contributed by atoms with Gasteiger partial charge in [0.15, 0.2) is 12.4 Å². The van der Waals surface area contributed by atoms with Crippen LogP contribution in [0.4, 0.5) is 0 Å². The molecule has 3 aromatic rings. The van der Waals surface area contributed by atoms with Gasteiger partial charge in [0.2, 0.25) is 0 Å². The first-order valence-corrected chi connectivity index (χ1v) is 10.1. The third-order valence-electron chi connectivity index (χ3n) is 3.95. The Kier molecular flexibility index (Phi) is 8.00. The van der Waals surface area contributed by atoms with Crippen LogP contribution in [0.15, 0.2) is 71.9 Å². The lowest BCUT2D eigenvalue weighted by Gasteiger charge is -2.08. The van der Waals surface area contributed by atoms with Gasteiger partial charge in [-0.1, -0.05) is 52.1 Å². The highest BCUT2D eigenvalue weighted by Crippen LogP contribution is 2.27. The Bertz CT molecular complexity index is 1070. The minimum absolute atomic E-state index is 0.0297. The van der Waals surface area contributed by atoms with E-state index in [0.29, 0.717) is 33.7 Å². The summed E-state index contributed by atoms with van der Waals surface area (Å²) in [5.41, 5.74) is 7.42. The molecule has 2 N–H and O–H groups in total. The van der Waals surface area contributed by atoms with E-state index in [9.17, 15) is 4.79 Å². The minimum Gasteiger partial charge on any atom is -0.489 e. The number of carbonyl (C=O) groups is 1. The molecule has 0 spiro atoms. The van der Waals surface area contributed by atoms with Gasteiger partial charge in [-0.15, -0.1) is 0 Å². The van der Waals surface area contributed by atoms with Crippen LogP contribution in [0.1, 0.15) is 11.1 Å². The summed E-state index contributed by atoms with van der Waals surface area (Å²) >= 11 is 17.6. The van der Waals surface area contributed by atoms with E-state index in [2.05, 4.69) is 5.16 Å². The van der Waals surface area contributed by atoms with Crippen molar-refractivity contribution in [2.75, 3.05) is 6.61 Å². The van der Waals surface area contributed by atoms with Crippen LogP contribution >= 0.6 is 34.8 Å². The molecule has 0 radical (unpaired) electrons. The SMILES string of the molecule is N/C(=N/OC(=O)COc1ccc(Cl)cc1Cl)c1ccc(OCc2ccc(Cl)cc2)cc1. The molecule has 0 bridgehead atoms. The fourth-order valence-corrected chi connectivity index (χ4v) is 2.97. The number of ether oxygens (including phenoxy) is 2. The molecule has 0 atom stereocenters. The Morgan fingerprint density at radius 3 is 2.23 bits per heavy atom. The Morgan fingerprint density at radius 1 is 0.871 bits per heavy atom. The smallest absolute Gasteiger partial charge is 0.372 e. The lowest BCUT2D eigenvalue weighted by molar-refractivity contribution is -0.146. The number of oxime groups is 1. The van der Waals surface area contributed by atoms with Crippen molar-refractivity contribution >= 4 is 46.6 Å². The minimum atomic E-state index is -0.739. The van der Waals surface area contributed by atoms with Crippen LogP contribution in [0.5, 0.6) is 11.5 Å². The molecule has 0 saturated heterocycles. The first-order chi connectivity index (χ1) is 14.9. The van der Waals surface area contributed by atoms with Gasteiger partial charge < -0.3 is 20.0 Å². The molecule has 3 rings (SSSR count). The summed E-state index contributed by atoms with van der Waals surface area (Å²) in [6, 6.07) is 18.9. The molecule has 0 aliphatic rings. The largest absolute Gasteiger partial charge is 0.489 e. The number of amidine groups is 1. The molecule has 0 aromatic heterocycles. The highest BCUT2D eigenvalue weighted by molar-refractivity contribution is 6.35. The second-order valence-corrected chi connectivity index (χ2v) is 7.52. The van der Waals surface area contributed by atoms with E-state index in [1.807, 2.05) is 12.1 Å². The van der Waals surface area contributed by atoms with Crippen LogP contribution in [0, 0.1) is 0 Å². The van der Waals surface area contributed by atoms with Crippen LogP contribution in [0.25, 0.3) is 0 Å². The van der Waals surface area contributed by atoms with Crippen LogP contribution in [0.2, 0.25) is 15.1 Å². The van der Waals surface area contributed by atoms with Crippen molar-refractivity contribution in [3.63, 3.8) is 0 Å². The summed E-state index contributed by atoms with van der Waals surface area (Å²) in [5, 5.41) is 5.04. The Morgan fingerprint density at radius 2 is 1.55 bits per heavy atom. The van der Waals surface area contributed by atoms with Crippen LogP contribution in [-0.4, -0.2) is 18.4 Å². The maximum absolute atomic E-state index is 11.8. The van der Waals surface area contributed by atoms with Crippen LogP contribution < -0.4 is 15.2 Å². The molecule has 0 aliphatic heterocycles. The maximum Gasteiger partial charge on any atom is 0.372 e. The van der Waals surface area contributed by atoms with Crippen molar-refractivity contribution in [2.24, 2.45) is 10.9 Å². The van der Waals surface area contributed by atoms with E-state index in [1.165, 1.54) is 6.07 Å². The standard InChI is InChI=1S/C22H17Cl3N2O4/c23-16-5-1-14(2-6-16)12-29-18-8-3-15(4-9-18)22(26)27-31-21(28)13-30-20-10-7-17(24)11-19(20)25/h1-11H,12-13H2,(H2,26,27). The monoisotopic (exact) mass is 478 g/mol. The second kappa shape index (κ2) is 10.9. The molecule has 0 unspecified atom stereocenters. The van der Waals surface area contributed by atoms with Crippen LogP contribution in [0.3, 0.4) is 0 Å². The van der Waals surface area contributed by atoms with Crippen molar-refractivity contribution in [3.8, 4) is 11.5 Å². The van der Waals surface area contributed by atoms with E-state index < -0.39 is 12.6 Å². The molecule has 6 nitrogen and oxygen atoms in total. The Hall–Kier alpha value is -2.93. The fourth-order valence-electron chi connectivity index (χ4n) is 2.38. The van der Waals surface area contributed by atoms with Crippen molar-refractivity contribution in [1.82, 2.24) is 0 Å². The predicted molar refractivity (Wildman–Crippen MR) is 121 cm³/mol. The third-order valence-corrected chi connectivity index (χ3v) is 4.74. The highest BCUT2D eigenvalue weighted by Gasteiger charge is 2.09. The van der Waals surface area contributed by atoms with Crippen LogP contribution in [-0.2, 0) is 16.2 Å². The van der Waals surface area contributed by atoms with Gasteiger partial charge in [0.1, 0.15) is 18.1 Å². The summed E-state index contributed by atoms with van der Waals surface area (Å²) < 4.78 is 11.0. The summed E-state index contributed by atoms with van der Waals surface area (Å²) in [4.78, 5) is 16.6. The molecule has 0 aliphatic carbocycles. The average molecular weight is 480 g/mol. The molecular formula is C22H17Cl3N2O4. The van der Waals surface area contributed by atoms with Gasteiger partial charge in [0.05, 0.1) is 5.02 Å². The van der Waals surface area contributed by atoms with Gasteiger partial charge in [-0.3, -0.25) is 0 Å². The van der Waals surface area contributed by atoms with Gasteiger partial charge in [-0.05, 0) is 60.2 Å². The number of hydrogen-bond acceptors (Lipinski definition) is 5. The zero-order chi connectivity index (χ0) is 22.2. The zero-order valence-corrected chi connectivity index (χ0v) is 18.3. The van der Waals surface area contributed by atoms with E-state index in [-0.39, 0.29) is 10.9 Å². The summed E-state index contributed by atoms with van der Waals surface area (Å²) in [6.07, 6.45) is 0. The third kappa shape index (κ3) is 7.07. The Balaban J connectivity index is 1.48. The number of nitrogens with two attached hydrogens (primary N) is 1. The summed E-state index contributed by atoms with van der Waals surface area (Å²) in [5.74, 6) is 0.241. The van der Waals surface area contributed by atoms with Gasteiger partial charge in [0, 0.05) is 15.6 Å². The first-order valence-electron chi connectivity index (χ1n) is 8.99. The van der Waals surface area contributed by atoms with Gasteiger partial charge in [-0.25, -0.2) is 4.79 Å². The molecule has 3 aromatic carbocycles. The van der Waals surface area contributed by atoms with Crippen molar-refractivity contribution in [2.45, 2.75) is 6.61 Å². The first kappa shape index (κ1) is 22.7. The number of halogens is 3. The van der Waals surface area contributed by atoms with Gasteiger partial charge in [0.25, 0.3) is 0 Å². The van der Waals surface area contributed by atoms with E-state index >= 15 is 0 Å². The van der Waals surface area contributed by atoms with E-state index in [4.69, 9.17) is 54.8 Å². The molecule has 0 amide bonds.